The van der Waals surface area contributed by atoms with Crippen LogP contribution < -0.4 is 5.48 Å². The second kappa shape index (κ2) is 6.26. The van der Waals surface area contributed by atoms with Gasteiger partial charge < -0.3 is 9.47 Å². The fourth-order valence-electron chi connectivity index (χ4n) is 2.98. The number of carbonyl (C=O) groups is 2. The summed E-state index contributed by atoms with van der Waals surface area (Å²) >= 11 is 0. The number of hydrogen-bond donors (Lipinski definition) is 2. The summed E-state index contributed by atoms with van der Waals surface area (Å²) in [5, 5.41) is 8.74. The van der Waals surface area contributed by atoms with Crippen molar-refractivity contribution in [2.24, 2.45) is 7.05 Å². The molecule has 3 rings (SSSR count). The molecule has 0 bridgehead atoms. The van der Waals surface area contributed by atoms with Crippen LogP contribution in [0, 0.1) is 0 Å². The van der Waals surface area contributed by atoms with Crippen LogP contribution in [0.15, 0.2) is 36.5 Å². The number of aromatic nitrogens is 1. The molecule has 1 aliphatic rings. The minimum absolute atomic E-state index is 0.0265. The molecule has 1 aromatic carbocycles. The molecule has 2 heterocycles. The molecular weight excluding hydrogens is 294 g/mol. The fraction of sp³-hybridized carbons (Fsp3) is 0.294. The number of benzene rings is 1. The van der Waals surface area contributed by atoms with Gasteiger partial charge in [-0.25, -0.2) is 5.48 Å². The number of hydrogen-bond acceptors (Lipinski definition) is 3. The van der Waals surface area contributed by atoms with Crippen LogP contribution >= 0.6 is 0 Å². The number of nitrogens with one attached hydrogen (secondary N) is 1. The Balaban J connectivity index is 1.79. The third-order valence-electron chi connectivity index (χ3n) is 4.32. The lowest BCUT2D eigenvalue weighted by molar-refractivity contribution is 0.0705. The predicted molar refractivity (Wildman–Crippen MR) is 84.4 cm³/mol. The Morgan fingerprint density at radius 3 is 2.52 bits per heavy atom. The van der Waals surface area contributed by atoms with Gasteiger partial charge in [-0.1, -0.05) is 6.07 Å². The first-order chi connectivity index (χ1) is 11.1. The van der Waals surface area contributed by atoms with Crippen LogP contribution in [0.3, 0.4) is 0 Å². The van der Waals surface area contributed by atoms with Gasteiger partial charge in [-0.05, 0) is 48.2 Å². The van der Waals surface area contributed by atoms with Crippen LogP contribution in [0.1, 0.15) is 32.0 Å². The van der Waals surface area contributed by atoms with Crippen molar-refractivity contribution in [2.75, 3.05) is 13.1 Å². The maximum absolute atomic E-state index is 12.6. The van der Waals surface area contributed by atoms with E-state index in [2.05, 4.69) is 0 Å². The van der Waals surface area contributed by atoms with Crippen LogP contribution in [0.4, 0.5) is 0 Å². The highest BCUT2D eigenvalue weighted by Gasteiger charge is 2.21. The second-order valence-corrected chi connectivity index (χ2v) is 5.72. The molecule has 2 N–H and O–H groups in total. The predicted octanol–water partition coefficient (Wildman–Crippen LogP) is 1.39. The molecule has 0 radical (unpaired) electrons. The Morgan fingerprint density at radius 1 is 1.13 bits per heavy atom. The SMILES string of the molecule is Cn1cccc1C(=O)N1CCc2ccc(C(=O)NO)cc2CC1. The molecule has 0 fully saturated rings. The number of hydroxylamine groups is 1. The van der Waals surface area contributed by atoms with Crippen LogP contribution in [-0.2, 0) is 19.9 Å². The van der Waals surface area contributed by atoms with Gasteiger partial charge >= 0.3 is 0 Å². The maximum Gasteiger partial charge on any atom is 0.274 e. The molecule has 0 atom stereocenters. The number of carbonyl (C=O) groups excluding carboxylic acids is 2. The molecule has 0 aliphatic carbocycles. The van der Waals surface area contributed by atoms with Crippen molar-refractivity contribution in [1.82, 2.24) is 14.9 Å². The third kappa shape index (κ3) is 2.98. The van der Waals surface area contributed by atoms with Crippen molar-refractivity contribution < 1.29 is 14.8 Å². The number of fused-ring (bicyclic) bond motifs is 1. The van der Waals surface area contributed by atoms with Gasteiger partial charge in [0, 0.05) is 31.9 Å². The van der Waals surface area contributed by atoms with Gasteiger partial charge in [0.05, 0.1) is 0 Å². The molecule has 0 saturated heterocycles. The fourth-order valence-corrected chi connectivity index (χ4v) is 2.98. The average molecular weight is 313 g/mol. The summed E-state index contributed by atoms with van der Waals surface area (Å²) < 4.78 is 1.82. The zero-order valence-corrected chi connectivity index (χ0v) is 13.0. The van der Waals surface area contributed by atoms with Crippen LogP contribution in [0.5, 0.6) is 0 Å². The molecule has 1 aromatic heterocycles. The van der Waals surface area contributed by atoms with E-state index >= 15 is 0 Å². The minimum Gasteiger partial charge on any atom is -0.347 e. The van der Waals surface area contributed by atoms with E-state index in [1.165, 1.54) is 0 Å². The van der Waals surface area contributed by atoms with Gasteiger partial charge in [-0.3, -0.25) is 14.8 Å². The van der Waals surface area contributed by atoms with E-state index < -0.39 is 5.91 Å². The Morgan fingerprint density at radius 2 is 1.87 bits per heavy atom. The molecule has 1 aliphatic heterocycles. The molecule has 0 spiro atoms. The number of nitrogens with zero attached hydrogens (tertiary/aromatic N) is 2. The summed E-state index contributed by atoms with van der Waals surface area (Å²) in [6.07, 6.45) is 3.31. The van der Waals surface area contributed by atoms with Crippen LogP contribution in [0.2, 0.25) is 0 Å². The Labute approximate surface area is 134 Å². The Kier molecular flexibility index (Phi) is 4.16. The van der Waals surface area contributed by atoms with E-state index in [1.807, 2.05) is 40.9 Å². The first-order valence-corrected chi connectivity index (χ1v) is 7.57. The molecule has 23 heavy (non-hydrogen) atoms. The van der Waals surface area contributed by atoms with Gasteiger partial charge in [0.1, 0.15) is 5.69 Å². The van der Waals surface area contributed by atoms with E-state index in [0.29, 0.717) is 30.8 Å². The molecule has 6 heteroatoms. The van der Waals surface area contributed by atoms with Crippen molar-refractivity contribution in [1.29, 1.82) is 0 Å². The Hall–Kier alpha value is -2.60. The van der Waals surface area contributed by atoms with Gasteiger partial charge in [0.15, 0.2) is 0 Å². The minimum atomic E-state index is -0.520. The monoisotopic (exact) mass is 313 g/mol. The lowest BCUT2D eigenvalue weighted by Crippen LogP contribution is -2.34. The van der Waals surface area contributed by atoms with Gasteiger partial charge in [-0.15, -0.1) is 0 Å². The zero-order chi connectivity index (χ0) is 16.4. The summed E-state index contributed by atoms with van der Waals surface area (Å²) in [5.41, 5.74) is 4.94. The summed E-state index contributed by atoms with van der Waals surface area (Å²) in [5.74, 6) is -0.493. The van der Waals surface area contributed by atoms with Crippen molar-refractivity contribution in [3.8, 4) is 0 Å². The summed E-state index contributed by atoms with van der Waals surface area (Å²) in [7, 11) is 1.86. The van der Waals surface area contributed by atoms with Gasteiger partial charge in [0.2, 0.25) is 0 Å². The maximum atomic E-state index is 12.6. The third-order valence-corrected chi connectivity index (χ3v) is 4.32. The Bertz CT molecular complexity index is 751. The van der Waals surface area contributed by atoms with Crippen molar-refractivity contribution in [3.05, 3.63) is 58.9 Å². The summed E-state index contributed by atoms with van der Waals surface area (Å²) in [6.45, 7) is 1.27. The number of aryl methyl sites for hydroxylation is 1. The van der Waals surface area contributed by atoms with E-state index in [4.69, 9.17) is 5.21 Å². The highest BCUT2D eigenvalue weighted by Crippen LogP contribution is 2.19. The van der Waals surface area contributed by atoms with E-state index in [9.17, 15) is 9.59 Å². The largest absolute Gasteiger partial charge is 0.347 e. The van der Waals surface area contributed by atoms with Crippen LogP contribution in [0.25, 0.3) is 0 Å². The second-order valence-electron chi connectivity index (χ2n) is 5.72. The quantitative estimate of drug-likeness (QED) is 0.650. The van der Waals surface area contributed by atoms with E-state index in [-0.39, 0.29) is 5.91 Å². The van der Waals surface area contributed by atoms with Crippen molar-refractivity contribution in [3.63, 3.8) is 0 Å². The number of rotatable bonds is 2. The average Bonchev–Trinajstić information content (AvgIpc) is 2.88. The molecule has 2 aromatic rings. The number of amides is 2. The van der Waals surface area contributed by atoms with Crippen molar-refractivity contribution in [2.45, 2.75) is 12.8 Å². The molecule has 6 nitrogen and oxygen atoms in total. The summed E-state index contributed by atoms with van der Waals surface area (Å²) in [6, 6.07) is 9.07. The van der Waals surface area contributed by atoms with E-state index in [0.717, 1.165) is 17.5 Å². The van der Waals surface area contributed by atoms with Gasteiger partial charge in [0.25, 0.3) is 11.8 Å². The van der Waals surface area contributed by atoms with Crippen molar-refractivity contribution >= 4 is 11.8 Å². The smallest absolute Gasteiger partial charge is 0.274 e. The first kappa shape index (κ1) is 15.3. The molecule has 2 amide bonds. The molecule has 0 saturated carbocycles. The van der Waals surface area contributed by atoms with E-state index in [1.54, 1.807) is 17.6 Å². The first-order valence-electron chi connectivity index (χ1n) is 7.57. The molecule has 120 valence electrons. The van der Waals surface area contributed by atoms with Gasteiger partial charge in [-0.2, -0.15) is 0 Å². The highest BCUT2D eigenvalue weighted by atomic mass is 16.5. The highest BCUT2D eigenvalue weighted by molar-refractivity contribution is 5.94. The normalized spacial score (nSPS) is 14.1. The lowest BCUT2D eigenvalue weighted by atomic mass is 10.00. The summed E-state index contributed by atoms with van der Waals surface area (Å²) in [4.78, 5) is 26.0. The standard InChI is InChI=1S/C17H19N3O3/c1-19-8-2-3-15(19)17(22)20-9-6-12-4-5-14(16(21)18-23)11-13(12)7-10-20/h2-5,8,11,23H,6-7,9-10H2,1H3,(H,18,21). The lowest BCUT2D eigenvalue weighted by Gasteiger charge is -2.20. The van der Waals surface area contributed by atoms with Crippen LogP contribution in [-0.4, -0.2) is 39.6 Å². The topological polar surface area (TPSA) is 74.6 Å². The zero-order valence-electron chi connectivity index (χ0n) is 13.0. The molecule has 0 unspecified atom stereocenters. The molecular formula is C17H19N3O3.